The van der Waals surface area contributed by atoms with Gasteiger partial charge < -0.3 is 15.3 Å². The van der Waals surface area contributed by atoms with Crippen LogP contribution in [-0.2, 0) is 4.79 Å². The van der Waals surface area contributed by atoms with Crippen LogP contribution in [0.15, 0.2) is 24.3 Å². The number of likely N-dealkylation sites (N-methyl/N-ethyl adjacent to an activating group) is 1. The smallest absolute Gasteiger partial charge is 0.225 e. The van der Waals surface area contributed by atoms with Crippen LogP contribution < -0.4 is 5.32 Å². The highest BCUT2D eigenvalue weighted by molar-refractivity contribution is 5.90. The van der Waals surface area contributed by atoms with Gasteiger partial charge in [0.05, 0.1) is 17.2 Å². The van der Waals surface area contributed by atoms with E-state index in [-0.39, 0.29) is 5.91 Å². The molecule has 5 heteroatoms. The average molecular weight is 289 g/mol. The molecule has 5 nitrogen and oxygen atoms in total. The predicted molar refractivity (Wildman–Crippen MR) is 82.8 cm³/mol. The number of nitrogens with zero attached hydrogens (tertiary/aromatic N) is 2. The number of rotatable bonds is 7. The van der Waals surface area contributed by atoms with Crippen LogP contribution in [0.25, 0.3) is 0 Å². The van der Waals surface area contributed by atoms with E-state index < -0.39 is 5.60 Å². The minimum atomic E-state index is -0.764. The minimum Gasteiger partial charge on any atom is -0.389 e. The van der Waals surface area contributed by atoms with Crippen molar-refractivity contribution in [1.29, 1.82) is 5.26 Å². The molecule has 1 amide bonds. The molecule has 0 aliphatic heterocycles. The number of carbonyl (C=O) groups is 1. The molecule has 0 aliphatic rings. The van der Waals surface area contributed by atoms with E-state index in [0.29, 0.717) is 30.8 Å². The summed E-state index contributed by atoms with van der Waals surface area (Å²) in [5.74, 6) is -0.0751. The fourth-order valence-corrected chi connectivity index (χ4v) is 2.01. The Kier molecular flexibility index (Phi) is 6.35. The van der Waals surface area contributed by atoms with Crippen molar-refractivity contribution in [3.05, 3.63) is 29.8 Å². The van der Waals surface area contributed by atoms with Crippen LogP contribution in [0, 0.1) is 11.3 Å². The number of hydrogen-bond donors (Lipinski definition) is 2. The Morgan fingerprint density at radius 3 is 2.48 bits per heavy atom. The molecule has 0 saturated carbocycles. The standard InChI is InChI=1S/C16H23N3O2/c1-4-19(12-16(2,3)21)10-9-15(20)18-14-7-5-13(11-17)6-8-14/h5-8,21H,4,9-10,12H2,1-3H3,(H,18,20). The lowest BCUT2D eigenvalue weighted by atomic mass is 10.1. The lowest BCUT2D eigenvalue weighted by molar-refractivity contribution is -0.116. The van der Waals surface area contributed by atoms with E-state index in [2.05, 4.69) is 5.32 Å². The molecule has 0 aromatic heterocycles. The SMILES string of the molecule is CCN(CCC(=O)Nc1ccc(C#N)cc1)CC(C)(C)O. The number of benzene rings is 1. The first-order chi connectivity index (χ1) is 9.84. The number of anilines is 1. The highest BCUT2D eigenvalue weighted by atomic mass is 16.3. The Morgan fingerprint density at radius 1 is 1.38 bits per heavy atom. The highest BCUT2D eigenvalue weighted by Gasteiger charge is 2.17. The third kappa shape index (κ3) is 6.89. The molecule has 21 heavy (non-hydrogen) atoms. The van der Waals surface area contributed by atoms with Crippen molar-refractivity contribution in [2.24, 2.45) is 0 Å². The van der Waals surface area contributed by atoms with Crippen LogP contribution in [0.3, 0.4) is 0 Å². The van der Waals surface area contributed by atoms with Crippen LogP contribution in [0.5, 0.6) is 0 Å². The van der Waals surface area contributed by atoms with E-state index >= 15 is 0 Å². The van der Waals surface area contributed by atoms with Crippen molar-refractivity contribution in [1.82, 2.24) is 4.90 Å². The maximum absolute atomic E-state index is 11.9. The average Bonchev–Trinajstić information content (AvgIpc) is 2.43. The lowest BCUT2D eigenvalue weighted by Crippen LogP contribution is -2.39. The van der Waals surface area contributed by atoms with E-state index in [0.717, 1.165) is 6.54 Å². The van der Waals surface area contributed by atoms with Gasteiger partial charge in [0, 0.05) is 25.2 Å². The molecule has 0 spiro atoms. The van der Waals surface area contributed by atoms with Gasteiger partial charge in [-0.15, -0.1) is 0 Å². The zero-order valence-electron chi connectivity index (χ0n) is 12.9. The molecule has 2 N–H and O–H groups in total. The zero-order chi connectivity index (χ0) is 15.9. The molecule has 0 bridgehead atoms. The molecule has 1 aromatic rings. The van der Waals surface area contributed by atoms with E-state index in [9.17, 15) is 9.90 Å². The third-order valence-corrected chi connectivity index (χ3v) is 3.01. The summed E-state index contributed by atoms with van der Waals surface area (Å²) < 4.78 is 0. The van der Waals surface area contributed by atoms with Gasteiger partial charge in [0.2, 0.25) is 5.91 Å². The molecule has 0 aliphatic carbocycles. The molecule has 0 fully saturated rings. The molecule has 0 heterocycles. The Bertz CT molecular complexity index is 498. The number of amides is 1. The molecular formula is C16H23N3O2. The Labute approximate surface area is 126 Å². The van der Waals surface area contributed by atoms with Gasteiger partial charge in [-0.25, -0.2) is 0 Å². The zero-order valence-corrected chi connectivity index (χ0v) is 12.9. The second kappa shape index (κ2) is 7.77. The monoisotopic (exact) mass is 289 g/mol. The van der Waals surface area contributed by atoms with E-state index in [1.165, 1.54) is 0 Å². The van der Waals surface area contributed by atoms with Gasteiger partial charge in [0.25, 0.3) is 0 Å². The van der Waals surface area contributed by atoms with E-state index in [1.807, 2.05) is 17.9 Å². The van der Waals surface area contributed by atoms with Crippen molar-refractivity contribution in [2.75, 3.05) is 25.0 Å². The van der Waals surface area contributed by atoms with E-state index in [4.69, 9.17) is 5.26 Å². The molecule has 0 atom stereocenters. The second-order valence-electron chi connectivity index (χ2n) is 5.67. The van der Waals surface area contributed by atoms with Crippen molar-refractivity contribution in [3.8, 4) is 6.07 Å². The summed E-state index contributed by atoms with van der Waals surface area (Å²) >= 11 is 0. The third-order valence-electron chi connectivity index (χ3n) is 3.01. The quantitative estimate of drug-likeness (QED) is 0.804. The van der Waals surface area contributed by atoms with Crippen LogP contribution in [0.1, 0.15) is 32.8 Å². The summed E-state index contributed by atoms with van der Waals surface area (Å²) in [4.78, 5) is 13.9. The van der Waals surface area contributed by atoms with Gasteiger partial charge >= 0.3 is 0 Å². The maximum atomic E-state index is 11.9. The largest absolute Gasteiger partial charge is 0.389 e. The van der Waals surface area contributed by atoms with Crippen LogP contribution in [-0.4, -0.2) is 41.1 Å². The Balaban J connectivity index is 2.44. The van der Waals surface area contributed by atoms with Gasteiger partial charge in [0.15, 0.2) is 0 Å². The molecule has 0 unspecified atom stereocenters. The van der Waals surface area contributed by atoms with Crippen LogP contribution in [0.4, 0.5) is 5.69 Å². The summed E-state index contributed by atoms with van der Waals surface area (Å²) in [6, 6.07) is 8.80. The molecule has 0 radical (unpaired) electrons. The first kappa shape index (κ1) is 17.2. The first-order valence-electron chi connectivity index (χ1n) is 7.09. The topological polar surface area (TPSA) is 76.4 Å². The molecule has 1 rings (SSSR count). The minimum absolute atomic E-state index is 0.0751. The molecule has 114 valence electrons. The van der Waals surface area contributed by atoms with Gasteiger partial charge in [-0.3, -0.25) is 4.79 Å². The van der Waals surface area contributed by atoms with E-state index in [1.54, 1.807) is 38.1 Å². The number of aliphatic hydroxyl groups is 1. The summed E-state index contributed by atoms with van der Waals surface area (Å²) in [5.41, 5.74) is 0.486. The first-order valence-corrected chi connectivity index (χ1v) is 7.09. The molecule has 1 aromatic carbocycles. The Hall–Kier alpha value is -1.90. The fourth-order valence-electron chi connectivity index (χ4n) is 2.01. The van der Waals surface area contributed by atoms with Crippen LogP contribution in [0.2, 0.25) is 0 Å². The lowest BCUT2D eigenvalue weighted by Gasteiger charge is -2.27. The molecule has 0 saturated heterocycles. The molecular weight excluding hydrogens is 266 g/mol. The number of nitrogens with one attached hydrogen (secondary N) is 1. The summed E-state index contributed by atoms with van der Waals surface area (Å²) in [6.07, 6.45) is 0.365. The number of hydrogen-bond acceptors (Lipinski definition) is 4. The predicted octanol–water partition coefficient (Wildman–Crippen LogP) is 1.98. The van der Waals surface area contributed by atoms with Crippen molar-refractivity contribution in [2.45, 2.75) is 32.8 Å². The fraction of sp³-hybridized carbons (Fsp3) is 0.500. The number of carbonyl (C=O) groups excluding carboxylic acids is 1. The van der Waals surface area contributed by atoms with Crippen molar-refractivity contribution >= 4 is 11.6 Å². The van der Waals surface area contributed by atoms with Crippen LogP contribution >= 0.6 is 0 Å². The second-order valence-corrected chi connectivity index (χ2v) is 5.67. The summed E-state index contributed by atoms with van der Waals surface area (Å²) in [6.45, 7) is 7.44. The van der Waals surface area contributed by atoms with Crippen molar-refractivity contribution < 1.29 is 9.90 Å². The summed E-state index contributed by atoms with van der Waals surface area (Å²) in [7, 11) is 0. The Morgan fingerprint density at radius 2 is 2.00 bits per heavy atom. The number of nitriles is 1. The summed E-state index contributed by atoms with van der Waals surface area (Å²) in [5, 5.41) is 21.3. The maximum Gasteiger partial charge on any atom is 0.225 e. The van der Waals surface area contributed by atoms with Gasteiger partial charge in [-0.05, 0) is 44.7 Å². The van der Waals surface area contributed by atoms with Gasteiger partial charge in [0.1, 0.15) is 0 Å². The van der Waals surface area contributed by atoms with Crippen molar-refractivity contribution in [3.63, 3.8) is 0 Å². The normalized spacial score (nSPS) is 11.2. The van der Waals surface area contributed by atoms with Gasteiger partial charge in [-0.2, -0.15) is 5.26 Å². The highest BCUT2D eigenvalue weighted by Crippen LogP contribution is 2.10. The van der Waals surface area contributed by atoms with Gasteiger partial charge in [-0.1, -0.05) is 6.92 Å².